The summed E-state index contributed by atoms with van der Waals surface area (Å²) in [5.74, 6) is -0.107. The zero-order chi connectivity index (χ0) is 20.3. The van der Waals surface area contributed by atoms with E-state index >= 15 is 0 Å². The van der Waals surface area contributed by atoms with E-state index in [9.17, 15) is 9.59 Å². The average molecular weight is 396 g/mol. The Bertz CT molecular complexity index is 1080. The van der Waals surface area contributed by atoms with E-state index in [2.05, 4.69) is 10.3 Å². The molecule has 1 N–H and O–H groups in total. The summed E-state index contributed by atoms with van der Waals surface area (Å²) < 4.78 is 1.68. The molecule has 6 heteroatoms. The van der Waals surface area contributed by atoms with Crippen LogP contribution in [0.4, 0.5) is 5.69 Å². The van der Waals surface area contributed by atoms with E-state index in [0.717, 1.165) is 23.2 Å². The molecule has 2 aromatic carbocycles. The SMILES string of the molecule is CCCn1c(SC(C)C(=O)Nc2cc(C)ccc2C)nc2ccccc2c1=O. The number of carbonyl (C=O) groups is 1. The molecule has 3 rings (SSSR count). The number of nitrogens with one attached hydrogen (secondary N) is 1. The molecule has 0 saturated carbocycles. The Morgan fingerprint density at radius 1 is 1.21 bits per heavy atom. The summed E-state index contributed by atoms with van der Waals surface area (Å²) in [5, 5.41) is 3.79. The van der Waals surface area contributed by atoms with Crippen LogP contribution in [-0.2, 0) is 11.3 Å². The highest BCUT2D eigenvalue weighted by Gasteiger charge is 2.20. The van der Waals surface area contributed by atoms with Crippen molar-refractivity contribution in [3.63, 3.8) is 0 Å². The Balaban J connectivity index is 1.88. The first-order chi connectivity index (χ1) is 13.4. The molecule has 146 valence electrons. The van der Waals surface area contributed by atoms with Crippen molar-refractivity contribution in [3.05, 3.63) is 63.9 Å². The number of nitrogens with zero attached hydrogens (tertiary/aromatic N) is 2. The van der Waals surface area contributed by atoms with Crippen LogP contribution in [0.15, 0.2) is 52.4 Å². The number of hydrogen-bond acceptors (Lipinski definition) is 4. The molecule has 1 aromatic heterocycles. The number of aromatic nitrogens is 2. The number of hydrogen-bond donors (Lipinski definition) is 1. The van der Waals surface area contributed by atoms with E-state index in [0.29, 0.717) is 22.6 Å². The smallest absolute Gasteiger partial charge is 0.262 e. The second-order valence-electron chi connectivity index (χ2n) is 6.94. The third kappa shape index (κ3) is 4.28. The molecule has 1 atom stereocenters. The minimum absolute atomic E-state index is 0.0583. The molecule has 0 aliphatic heterocycles. The van der Waals surface area contributed by atoms with Gasteiger partial charge in [-0.1, -0.05) is 43.0 Å². The Kier molecular flexibility index (Phi) is 6.19. The molecule has 5 nitrogen and oxygen atoms in total. The molecule has 0 spiro atoms. The molecule has 1 amide bonds. The van der Waals surface area contributed by atoms with Gasteiger partial charge >= 0.3 is 0 Å². The molecule has 0 aliphatic carbocycles. The van der Waals surface area contributed by atoms with Gasteiger partial charge in [0.2, 0.25) is 5.91 Å². The van der Waals surface area contributed by atoms with E-state index in [1.165, 1.54) is 11.8 Å². The first-order valence-electron chi connectivity index (χ1n) is 9.45. The summed E-state index contributed by atoms with van der Waals surface area (Å²) in [7, 11) is 0. The lowest BCUT2D eigenvalue weighted by Gasteiger charge is -2.17. The fourth-order valence-corrected chi connectivity index (χ4v) is 3.91. The van der Waals surface area contributed by atoms with E-state index in [1.54, 1.807) is 10.6 Å². The summed E-state index contributed by atoms with van der Waals surface area (Å²) in [6.07, 6.45) is 0.816. The van der Waals surface area contributed by atoms with Crippen LogP contribution in [0.1, 0.15) is 31.4 Å². The zero-order valence-corrected chi connectivity index (χ0v) is 17.5. The summed E-state index contributed by atoms with van der Waals surface area (Å²) in [5.41, 5.74) is 3.52. The number of amides is 1. The van der Waals surface area contributed by atoms with Gasteiger partial charge in [-0.05, 0) is 56.5 Å². The highest BCUT2D eigenvalue weighted by atomic mass is 32.2. The van der Waals surface area contributed by atoms with Crippen LogP contribution in [-0.4, -0.2) is 20.7 Å². The number of rotatable bonds is 6. The minimum Gasteiger partial charge on any atom is -0.325 e. The van der Waals surface area contributed by atoms with Crippen LogP contribution < -0.4 is 10.9 Å². The van der Waals surface area contributed by atoms with E-state index < -0.39 is 5.25 Å². The predicted octanol–water partition coefficient (Wildman–Crippen LogP) is 4.54. The van der Waals surface area contributed by atoms with Crippen molar-refractivity contribution < 1.29 is 4.79 Å². The molecule has 1 unspecified atom stereocenters. The molecule has 0 aliphatic rings. The molecule has 28 heavy (non-hydrogen) atoms. The van der Waals surface area contributed by atoms with Crippen molar-refractivity contribution in [3.8, 4) is 0 Å². The minimum atomic E-state index is -0.393. The molecule has 0 bridgehead atoms. The van der Waals surface area contributed by atoms with Crippen LogP contribution in [0.5, 0.6) is 0 Å². The Labute approximate surface area is 169 Å². The summed E-state index contributed by atoms with van der Waals surface area (Å²) >= 11 is 1.32. The largest absolute Gasteiger partial charge is 0.325 e. The highest BCUT2D eigenvalue weighted by molar-refractivity contribution is 8.00. The summed E-state index contributed by atoms with van der Waals surface area (Å²) in [4.78, 5) is 30.3. The number of thioether (sulfide) groups is 1. The van der Waals surface area contributed by atoms with Gasteiger partial charge in [0.15, 0.2) is 5.16 Å². The van der Waals surface area contributed by atoms with Crippen molar-refractivity contribution in [2.24, 2.45) is 0 Å². The molecular formula is C22H25N3O2S. The van der Waals surface area contributed by atoms with Crippen molar-refractivity contribution >= 4 is 34.3 Å². The Hall–Kier alpha value is -2.60. The lowest BCUT2D eigenvalue weighted by Crippen LogP contribution is -2.27. The molecule has 3 aromatic rings. The van der Waals surface area contributed by atoms with Crippen LogP contribution >= 0.6 is 11.8 Å². The monoisotopic (exact) mass is 395 g/mol. The van der Waals surface area contributed by atoms with E-state index in [1.807, 2.05) is 64.1 Å². The fourth-order valence-electron chi connectivity index (χ4n) is 2.97. The average Bonchev–Trinajstić information content (AvgIpc) is 2.67. The Morgan fingerprint density at radius 3 is 2.71 bits per heavy atom. The quantitative estimate of drug-likeness (QED) is 0.491. The van der Waals surface area contributed by atoms with Gasteiger partial charge < -0.3 is 5.32 Å². The maximum atomic E-state index is 12.9. The van der Waals surface area contributed by atoms with Gasteiger partial charge in [-0.25, -0.2) is 4.98 Å². The van der Waals surface area contributed by atoms with E-state index in [4.69, 9.17) is 0 Å². The highest BCUT2D eigenvalue weighted by Crippen LogP contribution is 2.25. The van der Waals surface area contributed by atoms with Gasteiger partial charge in [-0.2, -0.15) is 0 Å². The molecular weight excluding hydrogens is 370 g/mol. The topological polar surface area (TPSA) is 64.0 Å². The lowest BCUT2D eigenvalue weighted by atomic mass is 10.1. The maximum Gasteiger partial charge on any atom is 0.262 e. The fraction of sp³-hybridized carbons (Fsp3) is 0.318. The lowest BCUT2D eigenvalue weighted by molar-refractivity contribution is -0.115. The number of anilines is 1. The van der Waals surface area contributed by atoms with Gasteiger partial charge in [0.1, 0.15) is 0 Å². The number of para-hydroxylation sites is 1. The summed E-state index contributed by atoms with van der Waals surface area (Å²) in [6, 6.07) is 13.3. The number of aryl methyl sites for hydroxylation is 2. The molecule has 0 fully saturated rings. The van der Waals surface area contributed by atoms with Gasteiger partial charge in [0, 0.05) is 12.2 Å². The van der Waals surface area contributed by atoms with Gasteiger partial charge in [0.25, 0.3) is 5.56 Å². The van der Waals surface area contributed by atoms with Crippen LogP contribution in [0.2, 0.25) is 0 Å². The van der Waals surface area contributed by atoms with Gasteiger partial charge in [0.05, 0.1) is 16.2 Å². The van der Waals surface area contributed by atoms with Crippen molar-refractivity contribution in [2.75, 3.05) is 5.32 Å². The van der Waals surface area contributed by atoms with Crippen LogP contribution in [0.3, 0.4) is 0 Å². The van der Waals surface area contributed by atoms with Gasteiger partial charge in [-0.3, -0.25) is 14.2 Å². The van der Waals surface area contributed by atoms with Crippen molar-refractivity contribution in [2.45, 2.75) is 51.1 Å². The normalized spacial score (nSPS) is 12.1. The first-order valence-corrected chi connectivity index (χ1v) is 10.3. The number of benzene rings is 2. The number of fused-ring (bicyclic) bond motifs is 1. The third-order valence-corrected chi connectivity index (χ3v) is 5.67. The zero-order valence-electron chi connectivity index (χ0n) is 16.7. The predicted molar refractivity (Wildman–Crippen MR) is 116 cm³/mol. The second-order valence-corrected chi connectivity index (χ2v) is 8.24. The molecule has 0 saturated heterocycles. The number of carbonyl (C=O) groups excluding carboxylic acids is 1. The standard InChI is InChI=1S/C22H25N3O2S/c1-5-12-25-21(27)17-8-6-7-9-18(17)24-22(25)28-16(4)20(26)23-19-13-14(2)10-11-15(19)3/h6-11,13,16H,5,12H2,1-4H3,(H,23,26). The maximum absolute atomic E-state index is 12.9. The molecule has 1 heterocycles. The second kappa shape index (κ2) is 8.61. The van der Waals surface area contributed by atoms with Crippen LogP contribution in [0, 0.1) is 13.8 Å². The first kappa shape index (κ1) is 20.1. The van der Waals surface area contributed by atoms with E-state index in [-0.39, 0.29) is 11.5 Å². The third-order valence-electron chi connectivity index (χ3n) is 4.58. The van der Waals surface area contributed by atoms with Crippen molar-refractivity contribution in [1.29, 1.82) is 0 Å². The van der Waals surface area contributed by atoms with Crippen molar-refractivity contribution in [1.82, 2.24) is 9.55 Å². The Morgan fingerprint density at radius 2 is 1.96 bits per heavy atom. The molecule has 0 radical (unpaired) electrons. The van der Waals surface area contributed by atoms with Crippen LogP contribution in [0.25, 0.3) is 10.9 Å². The summed E-state index contributed by atoms with van der Waals surface area (Å²) in [6.45, 7) is 8.40. The van der Waals surface area contributed by atoms with Gasteiger partial charge in [-0.15, -0.1) is 0 Å².